The second-order valence-electron chi connectivity index (χ2n) is 11.6. The van der Waals surface area contributed by atoms with Crippen molar-refractivity contribution >= 4 is 65.3 Å². The molecule has 3 aromatic rings. The molecule has 0 radical (unpaired) electrons. The van der Waals surface area contributed by atoms with Gasteiger partial charge < -0.3 is 20.1 Å². The second kappa shape index (κ2) is 21.2. The van der Waals surface area contributed by atoms with Crippen molar-refractivity contribution in [1.29, 1.82) is 0 Å². The lowest BCUT2D eigenvalue weighted by Crippen LogP contribution is -2.49. The van der Waals surface area contributed by atoms with Crippen molar-refractivity contribution in [2.45, 2.75) is 58.4 Å². The number of unbranched alkanes of at least 4 members (excludes halogenated alkanes) is 1. The molecule has 9 nitrogen and oxygen atoms in total. The summed E-state index contributed by atoms with van der Waals surface area (Å²) in [5, 5.41) is 8.87. The number of ether oxygens (including phenoxy) is 2. The monoisotopic (exact) mass is 707 g/mol. The van der Waals surface area contributed by atoms with Gasteiger partial charge in [0, 0.05) is 25.0 Å². The van der Waals surface area contributed by atoms with Crippen LogP contribution in [-0.2, 0) is 33.4 Å². The van der Waals surface area contributed by atoms with Gasteiger partial charge in [-0.15, -0.1) is 0 Å². The van der Waals surface area contributed by atoms with E-state index in [0.29, 0.717) is 12.8 Å². The van der Waals surface area contributed by atoms with Gasteiger partial charge in [-0.25, -0.2) is 0 Å². The molecule has 3 rings (SSSR count). The lowest BCUT2D eigenvalue weighted by molar-refractivity contribution is -0.150. The molecule has 0 aliphatic heterocycles. The fourth-order valence-electron chi connectivity index (χ4n) is 5.75. The van der Waals surface area contributed by atoms with Crippen molar-refractivity contribution in [2.75, 3.05) is 31.7 Å². The number of rotatable bonds is 21. The van der Waals surface area contributed by atoms with E-state index < -0.39 is 43.0 Å². The lowest BCUT2D eigenvalue weighted by atomic mass is 9.95. The molecular formula is C38H48N2O7PS+. The van der Waals surface area contributed by atoms with Crippen molar-refractivity contribution in [3.05, 3.63) is 91.0 Å². The first-order valence-electron chi connectivity index (χ1n) is 16.8. The van der Waals surface area contributed by atoms with Crippen LogP contribution in [0.1, 0.15) is 52.4 Å². The van der Waals surface area contributed by atoms with E-state index in [4.69, 9.17) is 9.47 Å². The van der Waals surface area contributed by atoms with Crippen molar-refractivity contribution in [3.8, 4) is 0 Å². The minimum atomic E-state index is -2.01. The van der Waals surface area contributed by atoms with E-state index in [2.05, 4.69) is 96.1 Å². The molecule has 0 saturated heterocycles. The molecule has 0 spiro atoms. The van der Waals surface area contributed by atoms with Gasteiger partial charge in [0.05, 0.1) is 25.3 Å². The van der Waals surface area contributed by atoms with Crippen molar-refractivity contribution < 1.29 is 33.4 Å². The zero-order chi connectivity index (χ0) is 35.5. The van der Waals surface area contributed by atoms with E-state index in [1.165, 1.54) is 15.9 Å². The van der Waals surface area contributed by atoms with Crippen molar-refractivity contribution in [3.63, 3.8) is 0 Å². The highest BCUT2D eigenvalue weighted by molar-refractivity contribution is 7.95. The van der Waals surface area contributed by atoms with Gasteiger partial charge in [-0.05, 0) is 69.5 Å². The number of hydrogen-bond donors (Lipinski definition) is 3. The van der Waals surface area contributed by atoms with Crippen LogP contribution in [0.15, 0.2) is 91.0 Å². The molecule has 49 heavy (non-hydrogen) atoms. The summed E-state index contributed by atoms with van der Waals surface area (Å²) in [4.78, 5) is 62.7. The average molecular weight is 708 g/mol. The molecule has 2 N–H and O–H groups in total. The summed E-state index contributed by atoms with van der Waals surface area (Å²) in [5.74, 6) is -3.01. The molecule has 262 valence electrons. The van der Waals surface area contributed by atoms with Gasteiger partial charge in [-0.2, -0.15) is 12.6 Å². The molecule has 2 amide bonds. The van der Waals surface area contributed by atoms with Gasteiger partial charge >= 0.3 is 11.9 Å². The largest absolute Gasteiger partial charge is 0.466 e. The number of ketones is 1. The number of thiol groups is 1. The zero-order valence-corrected chi connectivity index (χ0v) is 30.1. The minimum absolute atomic E-state index is 0.00256. The Morgan fingerprint density at radius 3 is 1.76 bits per heavy atom. The molecule has 3 aromatic carbocycles. The number of carbonyl (C=O) groups excluding carboxylic acids is 5. The van der Waals surface area contributed by atoms with E-state index in [-0.39, 0.29) is 50.6 Å². The molecular weight excluding hydrogens is 659 g/mol. The molecule has 0 unspecified atom stereocenters. The Labute approximate surface area is 295 Å². The molecule has 0 saturated carbocycles. The Hall–Kier alpha value is -4.01. The summed E-state index contributed by atoms with van der Waals surface area (Å²) < 4.78 is 10.0. The summed E-state index contributed by atoms with van der Waals surface area (Å²) in [7, 11) is -2.01. The highest BCUT2D eigenvalue weighted by Gasteiger charge is 2.44. The maximum Gasteiger partial charge on any atom is 0.325 e. The first kappa shape index (κ1) is 39.4. The standard InChI is InChI=1S/C38H47N2O7PS/c1-3-46-36(43)27-39-37(44)34(28-49)40-35(42)24-23-29(38(45)47-4-2)26-30(41)16-14-15-25-48(31-17-8-5-9-18-31,32-19-10-6-11-20-32)33-21-12-7-13-22-33/h5-13,17-22,29,34H,3-4,14-16,23-28H2,1-2H3,(H2-,39,40,42,44,49)/p+1/t29-,34+/m0/s1. The molecule has 0 bridgehead atoms. The van der Waals surface area contributed by atoms with E-state index in [1.807, 2.05) is 18.2 Å². The number of hydrogen-bond acceptors (Lipinski definition) is 8. The van der Waals surface area contributed by atoms with Gasteiger partial charge in [0.1, 0.15) is 41.5 Å². The predicted octanol–water partition coefficient (Wildman–Crippen LogP) is 4.16. The number of benzene rings is 3. The fraction of sp³-hybridized carbons (Fsp3) is 0.395. The Kier molecular flexibility index (Phi) is 17.0. The summed E-state index contributed by atoms with van der Waals surface area (Å²) in [6.07, 6.45) is 2.64. The summed E-state index contributed by atoms with van der Waals surface area (Å²) in [5.41, 5.74) is 0. The molecule has 2 atom stereocenters. The molecule has 0 aromatic heterocycles. The minimum Gasteiger partial charge on any atom is -0.466 e. The third-order valence-corrected chi connectivity index (χ3v) is 13.0. The normalized spacial score (nSPS) is 12.3. The number of Topliss-reactive ketones (excluding diaryl/α,β-unsaturated/α-hetero) is 1. The summed E-state index contributed by atoms with van der Waals surface area (Å²) in [6.45, 7) is 3.36. The maximum atomic E-state index is 13.2. The maximum absolute atomic E-state index is 13.2. The second-order valence-corrected chi connectivity index (χ2v) is 15.5. The SMILES string of the molecule is CCOC(=O)CNC(=O)[C@@H](CS)NC(=O)CC[C@@H](CC(=O)CCCC[P+](c1ccccc1)(c1ccccc1)c1ccccc1)C(=O)OCC. The number of esters is 2. The van der Waals surface area contributed by atoms with E-state index in [9.17, 15) is 24.0 Å². The van der Waals surface area contributed by atoms with Crippen LogP contribution in [0, 0.1) is 5.92 Å². The van der Waals surface area contributed by atoms with Crippen molar-refractivity contribution in [2.24, 2.45) is 5.92 Å². The Morgan fingerprint density at radius 2 is 1.27 bits per heavy atom. The van der Waals surface area contributed by atoms with Crippen LogP contribution in [0.4, 0.5) is 0 Å². The Morgan fingerprint density at radius 1 is 0.735 bits per heavy atom. The highest BCUT2D eigenvalue weighted by Crippen LogP contribution is 2.56. The van der Waals surface area contributed by atoms with E-state index >= 15 is 0 Å². The molecule has 0 heterocycles. The third kappa shape index (κ3) is 12.1. The summed E-state index contributed by atoms with van der Waals surface area (Å²) >= 11 is 4.14. The average Bonchev–Trinajstić information content (AvgIpc) is 3.12. The van der Waals surface area contributed by atoms with Gasteiger partial charge in [0.15, 0.2) is 0 Å². The third-order valence-electron chi connectivity index (χ3n) is 8.15. The van der Waals surface area contributed by atoms with Crippen LogP contribution in [0.3, 0.4) is 0 Å². The van der Waals surface area contributed by atoms with Crippen LogP contribution in [0.5, 0.6) is 0 Å². The molecule has 0 aliphatic carbocycles. The number of carbonyl (C=O) groups is 5. The first-order chi connectivity index (χ1) is 23.7. The van der Waals surface area contributed by atoms with E-state index in [1.54, 1.807) is 13.8 Å². The quantitative estimate of drug-likeness (QED) is 0.0657. The number of nitrogens with one attached hydrogen (secondary N) is 2. The molecule has 11 heteroatoms. The first-order valence-corrected chi connectivity index (χ1v) is 19.4. The summed E-state index contributed by atoms with van der Waals surface area (Å²) in [6, 6.07) is 30.8. The smallest absolute Gasteiger partial charge is 0.325 e. The lowest BCUT2D eigenvalue weighted by Gasteiger charge is -2.27. The van der Waals surface area contributed by atoms with Crippen LogP contribution in [-0.4, -0.2) is 67.3 Å². The number of amides is 2. The van der Waals surface area contributed by atoms with Crippen LogP contribution in [0.2, 0.25) is 0 Å². The molecule has 0 fully saturated rings. The fourth-order valence-corrected chi connectivity index (χ4v) is 10.4. The van der Waals surface area contributed by atoms with Crippen LogP contribution >= 0.6 is 19.9 Å². The van der Waals surface area contributed by atoms with Gasteiger partial charge in [-0.3, -0.25) is 24.0 Å². The van der Waals surface area contributed by atoms with Gasteiger partial charge in [-0.1, -0.05) is 54.6 Å². The highest BCUT2D eigenvalue weighted by atomic mass is 32.1. The van der Waals surface area contributed by atoms with Crippen LogP contribution < -0.4 is 26.5 Å². The predicted molar refractivity (Wildman–Crippen MR) is 198 cm³/mol. The van der Waals surface area contributed by atoms with E-state index in [0.717, 1.165) is 12.6 Å². The van der Waals surface area contributed by atoms with Gasteiger partial charge in [0.25, 0.3) is 0 Å². The van der Waals surface area contributed by atoms with Crippen LogP contribution in [0.25, 0.3) is 0 Å². The zero-order valence-electron chi connectivity index (χ0n) is 28.3. The molecule has 0 aliphatic rings. The Balaban J connectivity index is 1.62. The topological polar surface area (TPSA) is 128 Å². The Bertz CT molecular complexity index is 1400. The van der Waals surface area contributed by atoms with Gasteiger partial charge in [0.2, 0.25) is 11.8 Å². The van der Waals surface area contributed by atoms with Crippen molar-refractivity contribution in [1.82, 2.24) is 10.6 Å².